The van der Waals surface area contributed by atoms with Gasteiger partial charge in [-0.3, -0.25) is 4.98 Å². The first-order valence-corrected chi connectivity index (χ1v) is 11.3. The molecule has 3 aromatic heterocycles. The fourth-order valence-electron chi connectivity index (χ4n) is 4.69. The van der Waals surface area contributed by atoms with E-state index in [1.54, 1.807) is 13.4 Å². The normalized spacial score (nSPS) is 17.9. The molecular formula is C26H26N4O2S. The number of hydrogen-bond acceptors (Lipinski definition) is 4. The monoisotopic (exact) mass is 458 g/mol. The zero-order chi connectivity index (χ0) is 22.9. The molecule has 2 atom stereocenters. The van der Waals surface area contributed by atoms with Gasteiger partial charge in [0.1, 0.15) is 11.5 Å². The second-order valence-electron chi connectivity index (χ2n) is 8.16. The van der Waals surface area contributed by atoms with Crippen molar-refractivity contribution >= 4 is 23.0 Å². The van der Waals surface area contributed by atoms with Crippen molar-refractivity contribution in [2.75, 3.05) is 12.0 Å². The van der Waals surface area contributed by atoms with Gasteiger partial charge in [-0.2, -0.15) is 0 Å². The van der Waals surface area contributed by atoms with E-state index >= 15 is 0 Å². The average Bonchev–Trinajstić information content (AvgIpc) is 3.54. The number of para-hydroxylation sites is 2. The van der Waals surface area contributed by atoms with E-state index < -0.39 is 0 Å². The van der Waals surface area contributed by atoms with E-state index in [0.29, 0.717) is 11.7 Å². The second-order valence-corrected chi connectivity index (χ2v) is 8.55. The molecule has 0 radical (unpaired) electrons. The van der Waals surface area contributed by atoms with E-state index in [4.69, 9.17) is 21.4 Å². The Kier molecular flexibility index (Phi) is 5.64. The van der Waals surface area contributed by atoms with Crippen LogP contribution in [0.1, 0.15) is 40.5 Å². The summed E-state index contributed by atoms with van der Waals surface area (Å²) in [6, 6.07) is 19.9. The highest BCUT2D eigenvalue weighted by molar-refractivity contribution is 7.80. The minimum Gasteiger partial charge on any atom is -0.495 e. The van der Waals surface area contributed by atoms with E-state index in [-0.39, 0.29) is 12.1 Å². The predicted octanol–water partition coefficient (Wildman–Crippen LogP) is 5.33. The third kappa shape index (κ3) is 3.78. The summed E-state index contributed by atoms with van der Waals surface area (Å²) in [5.41, 5.74) is 5.39. The fraction of sp³-hybridized carbons (Fsp3) is 0.231. The van der Waals surface area contributed by atoms with E-state index in [0.717, 1.165) is 28.6 Å². The van der Waals surface area contributed by atoms with Crippen molar-refractivity contribution < 1.29 is 9.15 Å². The van der Waals surface area contributed by atoms with Crippen LogP contribution in [-0.2, 0) is 6.54 Å². The number of hydrogen-bond donors (Lipinski definition) is 1. The van der Waals surface area contributed by atoms with Crippen LogP contribution in [-0.4, -0.2) is 21.8 Å². The van der Waals surface area contributed by atoms with Gasteiger partial charge in [-0.15, -0.1) is 0 Å². The van der Waals surface area contributed by atoms with Crippen LogP contribution in [0.2, 0.25) is 0 Å². The molecule has 4 aromatic rings. The largest absolute Gasteiger partial charge is 0.495 e. The van der Waals surface area contributed by atoms with Gasteiger partial charge in [0, 0.05) is 17.6 Å². The zero-order valence-corrected chi connectivity index (χ0v) is 19.7. The first-order valence-electron chi connectivity index (χ1n) is 10.9. The molecule has 1 aliphatic rings. The number of anilines is 1. The van der Waals surface area contributed by atoms with Gasteiger partial charge in [0.15, 0.2) is 5.11 Å². The number of ether oxygens (including phenoxy) is 1. The number of nitrogens with zero attached hydrogens (tertiary/aromatic N) is 3. The summed E-state index contributed by atoms with van der Waals surface area (Å²) in [7, 11) is 1.69. The Morgan fingerprint density at radius 2 is 1.91 bits per heavy atom. The minimum absolute atomic E-state index is 0.0970. The van der Waals surface area contributed by atoms with Crippen LogP contribution in [0.3, 0.4) is 0 Å². The predicted molar refractivity (Wildman–Crippen MR) is 133 cm³/mol. The number of aryl methyl sites for hydroxylation is 1. The lowest BCUT2D eigenvalue weighted by Gasteiger charge is -2.29. The lowest BCUT2D eigenvalue weighted by atomic mass is 9.96. The highest BCUT2D eigenvalue weighted by atomic mass is 32.1. The Hall–Kier alpha value is -3.58. The molecule has 33 heavy (non-hydrogen) atoms. The molecule has 7 heteroatoms. The fourth-order valence-corrected chi connectivity index (χ4v) is 5.03. The van der Waals surface area contributed by atoms with Crippen molar-refractivity contribution in [3.8, 4) is 5.75 Å². The quantitative estimate of drug-likeness (QED) is 0.394. The number of benzene rings is 1. The second kappa shape index (κ2) is 8.75. The van der Waals surface area contributed by atoms with Crippen molar-refractivity contribution in [2.24, 2.45) is 0 Å². The Bertz CT molecular complexity index is 1270. The summed E-state index contributed by atoms with van der Waals surface area (Å²) in [4.78, 5) is 6.82. The summed E-state index contributed by atoms with van der Waals surface area (Å²) < 4.78 is 13.6. The molecule has 0 bridgehead atoms. The Morgan fingerprint density at radius 3 is 2.64 bits per heavy atom. The van der Waals surface area contributed by atoms with Crippen LogP contribution in [0.5, 0.6) is 5.75 Å². The molecule has 1 fully saturated rings. The molecule has 1 aliphatic heterocycles. The number of thiocarbonyl (C=S) groups is 1. The average molecular weight is 459 g/mol. The highest BCUT2D eigenvalue weighted by Crippen LogP contribution is 2.45. The SMILES string of the molecule is COc1ccccc1N1C(=S)N[C@@H](c2ccccn2)[C@H]1c1cc(C)n(Cc2ccco2)c1C. The van der Waals surface area contributed by atoms with Crippen LogP contribution in [0.15, 0.2) is 77.5 Å². The van der Waals surface area contributed by atoms with Crippen LogP contribution in [0.25, 0.3) is 0 Å². The molecule has 0 spiro atoms. The molecule has 0 saturated carbocycles. The van der Waals surface area contributed by atoms with Crippen molar-refractivity contribution in [3.05, 3.63) is 102 Å². The molecule has 1 N–H and O–H groups in total. The van der Waals surface area contributed by atoms with Crippen LogP contribution in [0, 0.1) is 13.8 Å². The van der Waals surface area contributed by atoms with Crippen LogP contribution >= 0.6 is 12.2 Å². The van der Waals surface area contributed by atoms with Crippen molar-refractivity contribution in [3.63, 3.8) is 0 Å². The number of rotatable bonds is 6. The van der Waals surface area contributed by atoms with Gasteiger partial charge in [0.05, 0.1) is 43.4 Å². The topological polar surface area (TPSA) is 55.5 Å². The molecule has 1 aromatic carbocycles. The lowest BCUT2D eigenvalue weighted by Crippen LogP contribution is -2.30. The molecule has 0 amide bonds. The first kappa shape index (κ1) is 21.3. The van der Waals surface area contributed by atoms with Gasteiger partial charge in [0.2, 0.25) is 0 Å². The molecule has 0 aliphatic carbocycles. The Labute approximate surface area is 198 Å². The number of furan rings is 1. The van der Waals surface area contributed by atoms with E-state index in [9.17, 15) is 0 Å². The number of aromatic nitrogens is 2. The standard InChI is InChI=1S/C26H26N4O2S/c1-17-15-20(18(2)29(17)16-19-9-8-14-32-19)25-24(21-10-6-7-13-27-21)28-26(33)30(25)22-11-4-5-12-23(22)31-3/h4-15,24-25H,16H2,1-3H3,(H,28,33)/t24-,25+/m0/s1. The first-order chi connectivity index (χ1) is 16.1. The van der Waals surface area contributed by atoms with Crippen molar-refractivity contribution in [1.82, 2.24) is 14.9 Å². The smallest absolute Gasteiger partial charge is 0.174 e. The van der Waals surface area contributed by atoms with Gasteiger partial charge in [-0.1, -0.05) is 18.2 Å². The van der Waals surface area contributed by atoms with Gasteiger partial charge in [0.25, 0.3) is 0 Å². The number of nitrogens with one attached hydrogen (secondary N) is 1. The number of pyridine rings is 1. The zero-order valence-electron chi connectivity index (χ0n) is 18.9. The van der Waals surface area contributed by atoms with Gasteiger partial charge in [-0.25, -0.2) is 0 Å². The molecular weight excluding hydrogens is 432 g/mol. The molecule has 4 heterocycles. The van der Waals surface area contributed by atoms with E-state index in [1.807, 2.05) is 60.8 Å². The summed E-state index contributed by atoms with van der Waals surface area (Å²) in [6.07, 6.45) is 3.54. The van der Waals surface area contributed by atoms with E-state index in [1.165, 1.54) is 11.3 Å². The molecule has 168 valence electrons. The molecule has 5 rings (SSSR count). The number of methoxy groups -OCH3 is 1. The summed E-state index contributed by atoms with van der Waals surface area (Å²) >= 11 is 5.87. The summed E-state index contributed by atoms with van der Waals surface area (Å²) in [5.74, 6) is 1.70. The van der Waals surface area contributed by atoms with Crippen molar-refractivity contribution in [1.29, 1.82) is 0 Å². The van der Waals surface area contributed by atoms with E-state index in [2.05, 4.69) is 39.7 Å². The molecule has 1 saturated heterocycles. The van der Waals surface area contributed by atoms with Crippen LogP contribution < -0.4 is 15.0 Å². The summed E-state index contributed by atoms with van der Waals surface area (Å²) in [6.45, 7) is 4.96. The maximum absolute atomic E-state index is 5.87. The third-order valence-electron chi connectivity index (χ3n) is 6.27. The highest BCUT2D eigenvalue weighted by Gasteiger charge is 2.43. The Morgan fingerprint density at radius 1 is 1.09 bits per heavy atom. The molecule has 0 unspecified atom stereocenters. The maximum atomic E-state index is 5.87. The summed E-state index contributed by atoms with van der Waals surface area (Å²) in [5, 5.41) is 4.18. The molecule has 6 nitrogen and oxygen atoms in total. The third-order valence-corrected chi connectivity index (χ3v) is 6.58. The van der Waals surface area contributed by atoms with Gasteiger partial charge >= 0.3 is 0 Å². The minimum atomic E-state index is -0.110. The lowest BCUT2D eigenvalue weighted by molar-refractivity contribution is 0.414. The van der Waals surface area contributed by atoms with Gasteiger partial charge < -0.3 is 23.9 Å². The maximum Gasteiger partial charge on any atom is 0.174 e. The Balaban J connectivity index is 1.65. The van der Waals surface area contributed by atoms with Crippen molar-refractivity contribution in [2.45, 2.75) is 32.5 Å². The van der Waals surface area contributed by atoms with Crippen LogP contribution in [0.4, 0.5) is 5.69 Å². The van der Waals surface area contributed by atoms with Gasteiger partial charge in [-0.05, 0) is 74.1 Å².